The number of aliphatic hydroxyl groups excluding tert-OH is 1. The van der Waals surface area contributed by atoms with Gasteiger partial charge >= 0.3 is 0 Å². The fraction of sp³-hybridized carbons (Fsp3) is 0.231. The molecule has 1 unspecified atom stereocenters. The molecule has 0 bridgehead atoms. The fourth-order valence-corrected chi connectivity index (χ4v) is 4.37. The van der Waals surface area contributed by atoms with E-state index in [9.17, 15) is 14.7 Å². The highest BCUT2D eigenvalue weighted by Crippen LogP contribution is 2.41. The van der Waals surface area contributed by atoms with Crippen LogP contribution < -0.4 is 9.47 Å². The van der Waals surface area contributed by atoms with E-state index in [1.165, 1.54) is 11.2 Å². The van der Waals surface area contributed by atoms with Crippen molar-refractivity contribution in [2.24, 2.45) is 0 Å². The first kappa shape index (κ1) is 20.9. The normalized spacial score (nSPS) is 18.9. The molecular formula is C26H23NO6. The summed E-state index contributed by atoms with van der Waals surface area (Å²) in [4.78, 5) is 27.7. The predicted octanol–water partition coefficient (Wildman–Crippen LogP) is 4.24. The minimum Gasteiger partial charge on any atom is -0.507 e. The quantitative estimate of drug-likeness (QED) is 0.347. The number of likely N-dealkylation sites (tertiary alicyclic amines) is 1. The number of benzene rings is 2. The Morgan fingerprint density at radius 1 is 1.15 bits per heavy atom. The van der Waals surface area contributed by atoms with Crippen molar-refractivity contribution in [3.8, 4) is 11.5 Å². The number of carbonyl (C=O) groups excluding carboxylic acids is 2. The minimum absolute atomic E-state index is 0.00905. The van der Waals surface area contributed by atoms with Gasteiger partial charge in [-0.05, 0) is 60.5 Å². The molecule has 1 atom stereocenters. The van der Waals surface area contributed by atoms with Crippen LogP contribution >= 0.6 is 0 Å². The lowest BCUT2D eigenvalue weighted by atomic mass is 9.98. The molecule has 5 rings (SSSR count). The number of aliphatic hydroxyl groups is 1. The van der Waals surface area contributed by atoms with Gasteiger partial charge in [0.05, 0.1) is 25.1 Å². The van der Waals surface area contributed by atoms with Crippen molar-refractivity contribution in [3.63, 3.8) is 0 Å². The minimum atomic E-state index is -0.847. The van der Waals surface area contributed by atoms with Crippen LogP contribution in [0.1, 0.15) is 35.4 Å². The van der Waals surface area contributed by atoms with Crippen LogP contribution in [0.5, 0.6) is 11.5 Å². The van der Waals surface area contributed by atoms with E-state index in [0.717, 1.165) is 23.3 Å². The van der Waals surface area contributed by atoms with Crippen LogP contribution in [0.4, 0.5) is 0 Å². The second kappa shape index (κ2) is 8.50. The molecule has 3 aromatic rings. The molecular weight excluding hydrogens is 422 g/mol. The summed E-state index contributed by atoms with van der Waals surface area (Å²) in [6.45, 7) is 3.15. The van der Waals surface area contributed by atoms with Gasteiger partial charge in [-0.1, -0.05) is 12.1 Å². The van der Waals surface area contributed by atoms with E-state index in [2.05, 4.69) is 0 Å². The van der Waals surface area contributed by atoms with E-state index in [4.69, 9.17) is 13.9 Å². The Bertz CT molecular complexity index is 1240. The van der Waals surface area contributed by atoms with E-state index in [1.807, 2.05) is 31.2 Å². The molecule has 2 aromatic carbocycles. The maximum absolute atomic E-state index is 13.1. The lowest BCUT2D eigenvalue weighted by Gasteiger charge is -2.23. The van der Waals surface area contributed by atoms with Crippen LogP contribution in [0.3, 0.4) is 0 Å². The van der Waals surface area contributed by atoms with Crippen molar-refractivity contribution in [1.82, 2.24) is 4.90 Å². The molecule has 0 radical (unpaired) electrons. The molecule has 7 nitrogen and oxygen atoms in total. The van der Waals surface area contributed by atoms with Crippen molar-refractivity contribution in [3.05, 3.63) is 88.9 Å². The van der Waals surface area contributed by atoms with Crippen molar-refractivity contribution in [2.45, 2.75) is 25.9 Å². The van der Waals surface area contributed by atoms with Crippen molar-refractivity contribution in [1.29, 1.82) is 0 Å². The maximum atomic E-state index is 13.1. The highest BCUT2D eigenvalue weighted by Gasteiger charge is 2.47. The zero-order valence-electron chi connectivity index (χ0n) is 18.1. The number of carbonyl (C=O) groups is 2. The first-order valence-electron chi connectivity index (χ1n) is 10.9. The van der Waals surface area contributed by atoms with E-state index in [-0.39, 0.29) is 17.9 Å². The molecule has 33 heavy (non-hydrogen) atoms. The summed E-state index contributed by atoms with van der Waals surface area (Å²) < 4.78 is 16.7. The molecule has 7 heteroatoms. The number of ketones is 1. The van der Waals surface area contributed by atoms with Crippen LogP contribution in [0, 0.1) is 0 Å². The monoisotopic (exact) mass is 445 g/mol. The highest BCUT2D eigenvalue weighted by atomic mass is 16.5. The number of hydrogen-bond acceptors (Lipinski definition) is 6. The third kappa shape index (κ3) is 3.75. The van der Waals surface area contributed by atoms with Gasteiger partial charge in [0, 0.05) is 18.5 Å². The Hall–Kier alpha value is -4.00. The Morgan fingerprint density at radius 2 is 2.03 bits per heavy atom. The van der Waals surface area contributed by atoms with E-state index >= 15 is 0 Å². The van der Waals surface area contributed by atoms with Crippen LogP contribution in [-0.4, -0.2) is 34.9 Å². The zero-order chi connectivity index (χ0) is 22.9. The van der Waals surface area contributed by atoms with Crippen molar-refractivity contribution in [2.75, 3.05) is 13.2 Å². The molecule has 0 spiro atoms. The van der Waals surface area contributed by atoms with Crippen LogP contribution in [-0.2, 0) is 22.6 Å². The molecule has 168 valence electrons. The number of nitrogens with zero attached hydrogens (tertiary/aromatic N) is 1. The molecule has 0 saturated carbocycles. The summed E-state index contributed by atoms with van der Waals surface area (Å²) in [5, 5.41) is 11.2. The molecule has 1 N–H and O–H groups in total. The lowest BCUT2D eigenvalue weighted by molar-refractivity contribution is -0.140. The van der Waals surface area contributed by atoms with Crippen LogP contribution in [0.25, 0.3) is 5.76 Å². The standard InChI is InChI=1S/C26H23NO6/c1-2-31-19-6-3-5-16(13-19)15-27-23(21-7-4-11-32-21)22(25(29)26(27)30)24(28)18-8-9-20-17(14-18)10-12-33-20/h3-9,11,13-14,23,28H,2,10,12,15H2,1H3/b24-22-. The fourth-order valence-electron chi connectivity index (χ4n) is 4.37. The second-order valence-electron chi connectivity index (χ2n) is 7.94. The van der Waals surface area contributed by atoms with Gasteiger partial charge in [-0.25, -0.2) is 0 Å². The van der Waals surface area contributed by atoms with Crippen LogP contribution in [0.15, 0.2) is 70.9 Å². The van der Waals surface area contributed by atoms with Gasteiger partial charge in [0.25, 0.3) is 11.7 Å². The molecule has 1 fully saturated rings. The number of rotatable bonds is 6. The maximum Gasteiger partial charge on any atom is 0.296 e. The summed E-state index contributed by atoms with van der Waals surface area (Å²) in [6.07, 6.45) is 2.21. The molecule has 1 amide bonds. The SMILES string of the molecule is CCOc1cccc(CN2C(=O)C(=O)/C(=C(\O)c3ccc4c(c3)CCO4)C2c2ccco2)c1. The van der Waals surface area contributed by atoms with Crippen molar-refractivity contribution < 1.29 is 28.6 Å². The Morgan fingerprint density at radius 3 is 2.82 bits per heavy atom. The average Bonchev–Trinajstić information content (AvgIpc) is 3.56. The third-order valence-corrected chi connectivity index (χ3v) is 5.88. The average molecular weight is 445 g/mol. The topological polar surface area (TPSA) is 89.2 Å². The Kier molecular flexibility index (Phi) is 5.38. The molecule has 0 aliphatic carbocycles. The highest BCUT2D eigenvalue weighted by molar-refractivity contribution is 6.46. The second-order valence-corrected chi connectivity index (χ2v) is 7.94. The van der Waals surface area contributed by atoms with Gasteiger partial charge in [-0.3, -0.25) is 9.59 Å². The first-order chi connectivity index (χ1) is 16.1. The Balaban J connectivity index is 1.57. The van der Waals surface area contributed by atoms with Gasteiger partial charge in [0.2, 0.25) is 0 Å². The third-order valence-electron chi connectivity index (χ3n) is 5.88. The van der Waals surface area contributed by atoms with Gasteiger partial charge in [0.15, 0.2) is 0 Å². The summed E-state index contributed by atoms with van der Waals surface area (Å²) >= 11 is 0. The first-order valence-corrected chi connectivity index (χ1v) is 10.9. The number of hydrogen-bond donors (Lipinski definition) is 1. The molecule has 3 heterocycles. The number of Topliss-reactive ketones (excluding diaryl/α,β-unsaturated/α-hetero) is 1. The number of ether oxygens (including phenoxy) is 2. The summed E-state index contributed by atoms with van der Waals surface area (Å²) in [7, 11) is 0. The van der Waals surface area contributed by atoms with E-state index in [1.54, 1.807) is 30.3 Å². The molecule has 2 aliphatic rings. The largest absolute Gasteiger partial charge is 0.507 e. The van der Waals surface area contributed by atoms with Gasteiger partial charge in [-0.2, -0.15) is 0 Å². The van der Waals surface area contributed by atoms with Gasteiger partial charge < -0.3 is 23.9 Å². The summed E-state index contributed by atoms with van der Waals surface area (Å²) in [5.74, 6) is 0.192. The van der Waals surface area contributed by atoms with E-state index < -0.39 is 17.7 Å². The smallest absolute Gasteiger partial charge is 0.296 e. The van der Waals surface area contributed by atoms with E-state index in [0.29, 0.717) is 30.3 Å². The van der Waals surface area contributed by atoms with Crippen LogP contribution in [0.2, 0.25) is 0 Å². The zero-order valence-corrected chi connectivity index (χ0v) is 18.1. The molecule has 2 aliphatic heterocycles. The lowest BCUT2D eigenvalue weighted by Crippen LogP contribution is -2.29. The van der Waals surface area contributed by atoms with Gasteiger partial charge in [-0.15, -0.1) is 0 Å². The molecule has 1 aromatic heterocycles. The summed E-state index contributed by atoms with van der Waals surface area (Å²) in [6, 6.07) is 15.2. The van der Waals surface area contributed by atoms with Gasteiger partial charge in [0.1, 0.15) is 29.1 Å². The number of amides is 1. The molecule has 1 saturated heterocycles. The summed E-state index contributed by atoms with van der Waals surface area (Å²) in [5.41, 5.74) is 2.23. The predicted molar refractivity (Wildman–Crippen MR) is 120 cm³/mol. The van der Waals surface area contributed by atoms with Crippen molar-refractivity contribution >= 4 is 17.4 Å². The Labute approximate surface area is 190 Å². The number of fused-ring (bicyclic) bond motifs is 1. The number of furan rings is 1.